The Hall–Kier alpha value is -1.53. The van der Waals surface area contributed by atoms with Gasteiger partial charge in [0, 0.05) is 28.6 Å². The lowest BCUT2D eigenvalue weighted by Crippen LogP contribution is -2.37. The van der Waals surface area contributed by atoms with Crippen LogP contribution < -0.4 is 5.32 Å². The summed E-state index contributed by atoms with van der Waals surface area (Å²) < 4.78 is 0. The number of hydrogen-bond acceptors (Lipinski definition) is 4. The van der Waals surface area contributed by atoms with Crippen LogP contribution in [-0.2, 0) is 14.4 Å². The molecule has 3 atom stereocenters. The van der Waals surface area contributed by atoms with Crippen molar-refractivity contribution in [1.82, 2.24) is 10.2 Å². The average molecular weight is 407 g/mol. The van der Waals surface area contributed by atoms with Gasteiger partial charge in [-0.15, -0.1) is 11.8 Å². The first-order valence-corrected chi connectivity index (χ1v) is 11.0. The van der Waals surface area contributed by atoms with Gasteiger partial charge in [-0.05, 0) is 43.0 Å². The van der Waals surface area contributed by atoms with Crippen molar-refractivity contribution < 1.29 is 14.4 Å². The van der Waals surface area contributed by atoms with Gasteiger partial charge >= 0.3 is 0 Å². The van der Waals surface area contributed by atoms with E-state index in [0.717, 1.165) is 48.3 Å². The first-order valence-electron chi connectivity index (χ1n) is 9.61. The van der Waals surface area contributed by atoms with Gasteiger partial charge in [-0.1, -0.05) is 24.4 Å². The molecule has 4 rings (SSSR count). The first kappa shape index (κ1) is 18.8. The van der Waals surface area contributed by atoms with Gasteiger partial charge < -0.3 is 5.32 Å². The number of imide groups is 1. The number of nitrogens with one attached hydrogen (secondary N) is 1. The van der Waals surface area contributed by atoms with Gasteiger partial charge in [0.25, 0.3) is 0 Å². The van der Waals surface area contributed by atoms with E-state index in [2.05, 4.69) is 5.32 Å². The Morgan fingerprint density at radius 3 is 2.56 bits per heavy atom. The molecule has 0 bridgehead atoms. The normalized spacial score (nSPS) is 27.3. The molecule has 1 aromatic rings. The monoisotopic (exact) mass is 406 g/mol. The Labute approximate surface area is 168 Å². The zero-order chi connectivity index (χ0) is 19.0. The van der Waals surface area contributed by atoms with E-state index in [1.54, 1.807) is 11.8 Å². The highest BCUT2D eigenvalue weighted by atomic mass is 35.5. The van der Waals surface area contributed by atoms with E-state index in [1.165, 1.54) is 4.90 Å². The molecule has 0 radical (unpaired) electrons. The third kappa shape index (κ3) is 3.74. The molecule has 3 amide bonds. The van der Waals surface area contributed by atoms with Crippen LogP contribution in [0.2, 0.25) is 5.02 Å². The summed E-state index contributed by atoms with van der Waals surface area (Å²) in [5, 5.41) is 3.72. The van der Waals surface area contributed by atoms with Crippen LogP contribution >= 0.6 is 23.4 Å². The van der Waals surface area contributed by atoms with Crippen LogP contribution in [0, 0.1) is 11.8 Å². The van der Waals surface area contributed by atoms with Crippen molar-refractivity contribution in [2.75, 3.05) is 12.3 Å². The minimum absolute atomic E-state index is 0.0694. The molecule has 3 aliphatic rings. The summed E-state index contributed by atoms with van der Waals surface area (Å²) in [6, 6.07) is 5.69. The van der Waals surface area contributed by atoms with Crippen LogP contribution in [-0.4, -0.2) is 34.9 Å². The summed E-state index contributed by atoms with van der Waals surface area (Å²) in [7, 11) is 0. The van der Waals surface area contributed by atoms with E-state index in [4.69, 9.17) is 11.6 Å². The molecule has 2 heterocycles. The van der Waals surface area contributed by atoms with Crippen molar-refractivity contribution in [3.05, 3.63) is 28.8 Å². The zero-order valence-corrected chi connectivity index (χ0v) is 16.7. The molecule has 1 saturated carbocycles. The van der Waals surface area contributed by atoms with Crippen LogP contribution in [0.3, 0.4) is 0 Å². The van der Waals surface area contributed by atoms with E-state index in [-0.39, 0.29) is 48.6 Å². The molecule has 2 fully saturated rings. The summed E-state index contributed by atoms with van der Waals surface area (Å²) in [4.78, 5) is 40.0. The fourth-order valence-electron chi connectivity index (χ4n) is 4.45. The third-order valence-corrected chi connectivity index (χ3v) is 7.20. The van der Waals surface area contributed by atoms with Gasteiger partial charge in [-0.3, -0.25) is 19.3 Å². The SMILES string of the molecule is O=C(CCN1C(=O)[C@H]2CCCC[C@H]2C1=O)N[C@H]1CCSc2ccc(Cl)cc21. The topological polar surface area (TPSA) is 66.5 Å². The summed E-state index contributed by atoms with van der Waals surface area (Å²) in [5.41, 5.74) is 1.05. The van der Waals surface area contributed by atoms with Crippen molar-refractivity contribution in [3.63, 3.8) is 0 Å². The minimum Gasteiger partial charge on any atom is -0.349 e. The maximum atomic E-state index is 12.5. The average Bonchev–Trinajstić information content (AvgIpc) is 2.91. The van der Waals surface area contributed by atoms with Gasteiger partial charge in [0.15, 0.2) is 0 Å². The fourth-order valence-corrected chi connectivity index (χ4v) is 5.73. The van der Waals surface area contributed by atoms with E-state index in [0.29, 0.717) is 5.02 Å². The van der Waals surface area contributed by atoms with E-state index < -0.39 is 0 Å². The highest BCUT2D eigenvalue weighted by molar-refractivity contribution is 7.99. The molecule has 7 heteroatoms. The molecule has 2 aliphatic heterocycles. The standard InChI is InChI=1S/C20H23ClN2O3S/c21-12-5-6-17-15(11-12)16(8-10-27-17)22-18(24)7-9-23-19(25)13-3-1-2-4-14(13)20(23)26/h5-6,11,13-14,16H,1-4,7-10H2,(H,22,24)/t13-,14+,16-/m0/s1. The van der Waals surface area contributed by atoms with Crippen LogP contribution in [0.5, 0.6) is 0 Å². The number of carbonyl (C=O) groups is 3. The molecule has 27 heavy (non-hydrogen) atoms. The number of fused-ring (bicyclic) bond motifs is 2. The number of nitrogens with zero attached hydrogens (tertiary/aromatic N) is 1. The predicted octanol–water partition coefficient (Wildman–Crippen LogP) is 3.56. The first-order chi connectivity index (χ1) is 13.0. The van der Waals surface area contributed by atoms with Gasteiger partial charge in [0.1, 0.15) is 0 Å². The Morgan fingerprint density at radius 2 is 1.85 bits per heavy atom. The van der Waals surface area contributed by atoms with Gasteiger partial charge in [-0.2, -0.15) is 0 Å². The number of halogens is 1. The summed E-state index contributed by atoms with van der Waals surface area (Å²) in [5.74, 6) is 0.338. The fraction of sp³-hybridized carbons (Fsp3) is 0.550. The molecule has 0 aromatic heterocycles. The van der Waals surface area contributed by atoms with Crippen LogP contribution in [0.25, 0.3) is 0 Å². The van der Waals surface area contributed by atoms with E-state index in [9.17, 15) is 14.4 Å². The number of amides is 3. The minimum atomic E-state index is -0.154. The molecule has 1 aliphatic carbocycles. The zero-order valence-electron chi connectivity index (χ0n) is 15.1. The van der Waals surface area contributed by atoms with Crippen molar-refractivity contribution in [2.45, 2.75) is 49.5 Å². The Morgan fingerprint density at radius 1 is 1.15 bits per heavy atom. The van der Waals surface area contributed by atoms with Gasteiger partial charge in [0.05, 0.1) is 17.9 Å². The number of hydrogen-bond donors (Lipinski definition) is 1. The Balaban J connectivity index is 1.36. The number of thioether (sulfide) groups is 1. The molecular formula is C20H23ClN2O3S. The molecule has 144 valence electrons. The molecule has 0 unspecified atom stereocenters. The van der Waals surface area contributed by atoms with Crippen LogP contribution in [0.4, 0.5) is 0 Å². The van der Waals surface area contributed by atoms with Gasteiger partial charge in [-0.25, -0.2) is 0 Å². The summed E-state index contributed by atoms with van der Waals surface area (Å²) in [6.45, 7) is 0.181. The number of carbonyl (C=O) groups excluding carboxylic acids is 3. The lowest BCUT2D eigenvalue weighted by atomic mass is 9.81. The van der Waals surface area contributed by atoms with Crippen LogP contribution in [0.15, 0.2) is 23.1 Å². The third-order valence-electron chi connectivity index (χ3n) is 5.84. The molecule has 1 N–H and O–H groups in total. The number of benzene rings is 1. The second kappa shape index (κ2) is 7.84. The highest BCUT2D eigenvalue weighted by Gasteiger charge is 2.47. The molecule has 1 saturated heterocycles. The second-order valence-electron chi connectivity index (χ2n) is 7.51. The predicted molar refractivity (Wildman–Crippen MR) is 104 cm³/mol. The Bertz CT molecular complexity index is 760. The summed E-state index contributed by atoms with van der Waals surface area (Å²) >= 11 is 7.88. The van der Waals surface area contributed by atoms with Crippen molar-refractivity contribution in [3.8, 4) is 0 Å². The van der Waals surface area contributed by atoms with Crippen LogP contribution in [0.1, 0.15) is 50.1 Å². The maximum Gasteiger partial charge on any atom is 0.233 e. The second-order valence-corrected chi connectivity index (χ2v) is 9.09. The number of likely N-dealkylation sites (tertiary alicyclic amines) is 1. The quantitative estimate of drug-likeness (QED) is 0.776. The smallest absolute Gasteiger partial charge is 0.233 e. The summed E-state index contributed by atoms with van der Waals surface area (Å²) in [6.07, 6.45) is 4.61. The molecule has 0 spiro atoms. The van der Waals surface area contributed by atoms with E-state index in [1.807, 2.05) is 18.2 Å². The Kier molecular flexibility index (Phi) is 5.46. The number of rotatable bonds is 4. The largest absolute Gasteiger partial charge is 0.349 e. The van der Waals surface area contributed by atoms with Crippen molar-refractivity contribution in [1.29, 1.82) is 0 Å². The lowest BCUT2D eigenvalue weighted by Gasteiger charge is -2.26. The van der Waals surface area contributed by atoms with Crippen molar-refractivity contribution >= 4 is 41.1 Å². The molecule has 5 nitrogen and oxygen atoms in total. The lowest BCUT2D eigenvalue weighted by molar-refractivity contribution is -0.140. The van der Waals surface area contributed by atoms with Gasteiger partial charge in [0.2, 0.25) is 17.7 Å². The van der Waals surface area contributed by atoms with Crippen molar-refractivity contribution in [2.24, 2.45) is 11.8 Å². The van der Waals surface area contributed by atoms with E-state index >= 15 is 0 Å². The highest BCUT2D eigenvalue weighted by Crippen LogP contribution is 2.39. The molecular weight excluding hydrogens is 384 g/mol. The maximum absolute atomic E-state index is 12.5. The molecule has 1 aromatic carbocycles.